The van der Waals surface area contributed by atoms with E-state index in [0.29, 0.717) is 0 Å². The van der Waals surface area contributed by atoms with Gasteiger partial charge in [-0.05, 0) is 38.1 Å². The lowest BCUT2D eigenvalue weighted by molar-refractivity contribution is -0.384. The molecule has 1 aromatic heterocycles. The summed E-state index contributed by atoms with van der Waals surface area (Å²) in [5, 5.41) is 41.0. The van der Waals surface area contributed by atoms with E-state index in [0.717, 1.165) is 32.0 Å². The van der Waals surface area contributed by atoms with Gasteiger partial charge in [0.25, 0.3) is 11.6 Å². The number of piperidine rings is 1. The summed E-state index contributed by atoms with van der Waals surface area (Å²) in [5.41, 5.74) is -0.0159. The highest BCUT2D eigenvalue weighted by molar-refractivity contribution is 5.93. The molecule has 0 atom stereocenters. The van der Waals surface area contributed by atoms with Crippen molar-refractivity contribution in [2.24, 2.45) is 0 Å². The minimum absolute atomic E-state index is 0. The number of nitro groups is 1. The quantitative estimate of drug-likeness (QED) is 0.309. The summed E-state index contributed by atoms with van der Waals surface area (Å²) in [6.07, 6.45) is 1.62. The van der Waals surface area contributed by atoms with Crippen molar-refractivity contribution >= 4 is 24.0 Å². The number of benzene rings is 2. The average Bonchev–Trinajstić information content (AvgIpc) is 3.24. The number of nitrogens with zero attached hydrogens (tertiary/aromatic N) is 2. The second-order valence-electron chi connectivity index (χ2n) is 7.27. The lowest BCUT2D eigenvalue weighted by Gasteiger charge is -2.23. The molecule has 12 heteroatoms. The zero-order valence-electron chi connectivity index (χ0n) is 17.2. The molecule has 0 saturated carbocycles. The van der Waals surface area contributed by atoms with E-state index in [9.17, 15) is 25.1 Å². The van der Waals surface area contributed by atoms with Gasteiger partial charge in [-0.3, -0.25) is 14.9 Å². The molecule has 0 spiro atoms. The zero-order valence-corrected chi connectivity index (χ0v) is 18.0. The Balaban J connectivity index is 0.00000306. The molecule has 2 heterocycles. The van der Waals surface area contributed by atoms with Crippen LogP contribution < -0.4 is 15.4 Å². The highest BCUT2D eigenvalue weighted by atomic mass is 35.5. The number of aromatic nitrogens is 1. The number of non-ortho nitro benzene ring substituents is 1. The van der Waals surface area contributed by atoms with Crippen LogP contribution in [-0.4, -0.2) is 45.3 Å². The van der Waals surface area contributed by atoms with Crippen LogP contribution in [0, 0.1) is 10.1 Å². The van der Waals surface area contributed by atoms with Crippen LogP contribution in [0.25, 0.3) is 11.3 Å². The summed E-state index contributed by atoms with van der Waals surface area (Å²) in [6.45, 7) is 1.64. The largest absolute Gasteiger partial charge is 0.508 e. The van der Waals surface area contributed by atoms with Crippen LogP contribution in [0.2, 0.25) is 0 Å². The van der Waals surface area contributed by atoms with Crippen LogP contribution in [0.1, 0.15) is 23.3 Å². The number of hydrogen-bond donors (Lipinski definition) is 4. The molecular weight excluding hydrogens is 456 g/mol. The van der Waals surface area contributed by atoms with Gasteiger partial charge < -0.3 is 30.1 Å². The fourth-order valence-corrected chi connectivity index (χ4v) is 3.40. The van der Waals surface area contributed by atoms with Crippen molar-refractivity contribution in [1.82, 2.24) is 15.8 Å². The Morgan fingerprint density at radius 2 is 1.88 bits per heavy atom. The van der Waals surface area contributed by atoms with Gasteiger partial charge in [-0.1, -0.05) is 5.16 Å². The van der Waals surface area contributed by atoms with Gasteiger partial charge in [0.1, 0.15) is 28.6 Å². The highest BCUT2D eigenvalue weighted by Gasteiger charge is 2.23. The lowest BCUT2D eigenvalue weighted by Crippen LogP contribution is -2.42. The number of rotatable bonds is 6. The summed E-state index contributed by atoms with van der Waals surface area (Å²) in [5.74, 6) is -0.740. The van der Waals surface area contributed by atoms with Crippen LogP contribution >= 0.6 is 12.4 Å². The van der Waals surface area contributed by atoms with Crippen molar-refractivity contribution in [2.75, 3.05) is 13.1 Å². The van der Waals surface area contributed by atoms with Crippen molar-refractivity contribution in [3.63, 3.8) is 0 Å². The highest BCUT2D eigenvalue weighted by Crippen LogP contribution is 2.43. The van der Waals surface area contributed by atoms with Gasteiger partial charge >= 0.3 is 0 Å². The van der Waals surface area contributed by atoms with Gasteiger partial charge in [0.05, 0.1) is 4.92 Å². The molecule has 4 rings (SSSR count). The summed E-state index contributed by atoms with van der Waals surface area (Å²) in [6, 6.07) is 9.01. The first-order valence-corrected chi connectivity index (χ1v) is 9.87. The first kappa shape index (κ1) is 23.8. The molecule has 0 radical (unpaired) electrons. The van der Waals surface area contributed by atoms with Crippen molar-refractivity contribution in [3.8, 4) is 34.3 Å². The average molecular weight is 477 g/mol. The summed E-state index contributed by atoms with van der Waals surface area (Å²) < 4.78 is 11.0. The molecule has 0 bridgehead atoms. The maximum absolute atomic E-state index is 12.5. The molecule has 1 aliphatic rings. The minimum atomic E-state index is -0.541. The van der Waals surface area contributed by atoms with Crippen LogP contribution in [-0.2, 0) is 0 Å². The third kappa shape index (κ3) is 5.51. The SMILES string of the molecule is Cl.O=C(NC1CCNCC1)c1cc(-c2c(O)cc(O)cc2Oc2ccc([N+](=O)[O-])cc2)on1. The molecule has 1 saturated heterocycles. The van der Waals surface area contributed by atoms with Gasteiger partial charge in [0.2, 0.25) is 0 Å². The Morgan fingerprint density at radius 3 is 2.55 bits per heavy atom. The molecule has 4 N–H and O–H groups in total. The van der Waals surface area contributed by atoms with Crippen molar-refractivity contribution < 1.29 is 29.2 Å². The Labute approximate surface area is 193 Å². The molecule has 1 amide bonds. The standard InChI is InChI=1S/C21H20N4O7.ClH/c26-14-9-17(27)20(18(10-14)31-15-3-1-13(2-4-15)25(29)30)19-11-16(24-32-19)21(28)23-12-5-7-22-8-6-12;/h1-4,9-12,22,26-27H,5-8H2,(H,23,28);1H. The normalized spacial score (nSPS) is 13.7. The first-order chi connectivity index (χ1) is 15.4. The number of ether oxygens (including phenoxy) is 1. The van der Waals surface area contributed by atoms with Crippen molar-refractivity contribution in [2.45, 2.75) is 18.9 Å². The molecule has 0 aliphatic carbocycles. The number of amides is 1. The van der Waals surface area contributed by atoms with Crippen LogP contribution in [0.4, 0.5) is 5.69 Å². The Morgan fingerprint density at radius 1 is 1.18 bits per heavy atom. The molecule has 3 aromatic rings. The number of carbonyl (C=O) groups excluding carboxylic acids is 1. The summed E-state index contributed by atoms with van der Waals surface area (Å²) in [4.78, 5) is 22.8. The lowest BCUT2D eigenvalue weighted by atomic mass is 10.1. The van der Waals surface area contributed by atoms with Crippen molar-refractivity contribution in [3.05, 3.63) is 58.3 Å². The number of halogens is 1. The second-order valence-corrected chi connectivity index (χ2v) is 7.27. The van der Waals surface area contributed by atoms with E-state index in [1.165, 1.54) is 36.4 Å². The monoisotopic (exact) mass is 476 g/mol. The molecular formula is C21H21ClN4O7. The van der Waals surface area contributed by atoms with Crippen LogP contribution in [0.15, 0.2) is 47.0 Å². The smallest absolute Gasteiger partial charge is 0.273 e. The van der Waals surface area contributed by atoms with E-state index >= 15 is 0 Å². The minimum Gasteiger partial charge on any atom is -0.508 e. The molecule has 33 heavy (non-hydrogen) atoms. The van der Waals surface area contributed by atoms with Gasteiger partial charge in [-0.2, -0.15) is 0 Å². The predicted molar refractivity (Wildman–Crippen MR) is 119 cm³/mol. The number of carbonyl (C=O) groups is 1. The zero-order chi connectivity index (χ0) is 22.7. The van der Waals surface area contributed by atoms with Crippen LogP contribution in [0.5, 0.6) is 23.0 Å². The number of nitrogens with one attached hydrogen (secondary N) is 2. The first-order valence-electron chi connectivity index (χ1n) is 9.87. The third-order valence-electron chi connectivity index (χ3n) is 5.01. The predicted octanol–water partition coefficient (Wildman–Crippen LogP) is 3.36. The number of hydrogen-bond acceptors (Lipinski definition) is 9. The second kappa shape index (κ2) is 10.2. The van der Waals surface area contributed by atoms with Crippen LogP contribution in [0.3, 0.4) is 0 Å². The maximum Gasteiger partial charge on any atom is 0.273 e. The van der Waals surface area contributed by atoms with E-state index in [4.69, 9.17) is 9.26 Å². The molecule has 1 fully saturated rings. The van der Waals surface area contributed by atoms with Gasteiger partial charge in [-0.15, -0.1) is 12.4 Å². The summed E-state index contributed by atoms with van der Waals surface area (Å²) in [7, 11) is 0. The number of nitro benzene ring substituents is 1. The fraction of sp³-hybridized carbons (Fsp3) is 0.238. The van der Waals surface area contributed by atoms with E-state index in [1.54, 1.807) is 0 Å². The number of phenols is 2. The maximum atomic E-state index is 12.5. The van der Waals surface area contributed by atoms with Crippen molar-refractivity contribution in [1.29, 1.82) is 0 Å². The van der Waals surface area contributed by atoms with Gasteiger partial charge in [0, 0.05) is 36.4 Å². The molecule has 0 unspecified atom stereocenters. The summed E-state index contributed by atoms with van der Waals surface area (Å²) >= 11 is 0. The molecule has 1 aliphatic heterocycles. The Kier molecular flexibility index (Phi) is 7.36. The number of phenolic OH excluding ortho intramolecular Hbond substituents is 2. The van der Waals surface area contributed by atoms with E-state index < -0.39 is 10.8 Å². The number of aromatic hydroxyl groups is 2. The van der Waals surface area contributed by atoms with E-state index in [2.05, 4.69) is 15.8 Å². The molecule has 11 nitrogen and oxygen atoms in total. The topological polar surface area (TPSA) is 160 Å². The van der Waals surface area contributed by atoms with E-state index in [-0.39, 0.29) is 64.2 Å². The van der Waals surface area contributed by atoms with E-state index in [1.807, 2.05) is 0 Å². The third-order valence-corrected chi connectivity index (χ3v) is 5.01. The van der Waals surface area contributed by atoms with Gasteiger partial charge in [-0.25, -0.2) is 0 Å². The Hall–Kier alpha value is -3.83. The molecule has 2 aromatic carbocycles. The van der Waals surface area contributed by atoms with Gasteiger partial charge in [0.15, 0.2) is 11.5 Å². The molecule has 174 valence electrons. The fourth-order valence-electron chi connectivity index (χ4n) is 3.40. The Bertz CT molecular complexity index is 1140.